The van der Waals surface area contributed by atoms with Gasteiger partial charge in [0.2, 0.25) is 0 Å². The molecule has 0 aromatic heterocycles. The molecule has 0 saturated carbocycles. The van der Waals surface area contributed by atoms with Gasteiger partial charge in [0.1, 0.15) is 5.92 Å². The van der Waals surface area contributed by atoms with Crippen molar-refractivity contribution in [3.05, 3.63) is 29.8 Å². The highest BCUT2D eigenvalue weighted by Gasteiger charge is 2.69. The molecule has 1 heterocycles. The number of amides is 2. The molecule has 0 aliphatic carbocycles. The van der Waals surface area contributed by atoms with Gasteiger partial charge in [0.25, 0.3) is 5.72 Å². The Bertz CT molecular complexity index is 708. The molecule has 1 aromatic rings. The third-order valence-corrected chi connectivity index (χ3v) is 4.59. The molecule has 1 aliphatic rings. The summed E-state index contributed by atoms with van der Waals surface area (Å²) in [4.78, 5) is 26.4. The summed E-state index contributed by atoms with van der Waals surface area (Å²) in [5, 5.41) is 12.9. The van der Waals surface area contributed by atoms with Crippen molar-refractivity contribution in [2.45, 2.75) is 24.9 Å². The number of aliphatic hydroxyl groups is 1. The van der Waals surface area contributed by atoms with Gasteiger partial charge in [-0.05, 0) is 24.6 Å². The molecule has 2 amide bonds. The van der Waals surface area contributed by atoms with Crippen LogP contribution in [0.3, 0.4) is 0 Å². The van der Waals surface area contributed by atoms with Crippen molar-refractivity contribution in [2.75, 3.05) is 32.6 Å². The van der Waals surface area contributed by atoms with E-state index in [0.29, 0.717) is 0 Å². The Morgan fingerprint density at radius 3 is 2.33 bits per heavy atom. The van der Waals surface area contributed by atoms with Gasteiger partial charge in [0.15, 0.2) is 0 Å². The van der Waals surface area contributed by atoms with E-state index in [1.165, 1.54) is 19.1 Å². The molecule has 2 N–H and O–H groups in total. The molecule has 3 atom stereocenters. The average Bonchev–Trinajstić information content (AvgIpc) is 2.58. The van der Waals surface area contributed by atoms with Gasteiger partial charge >= 0.3 is 18.2 Å². The zero-order valence-corrected chi connectivity index (χ0v) is 15.4. The molecule has 0 radical (unpaired) electrons. The zero-order chi connectivity index (χ0) is 20.6. The number of carbonyl (C=O) groups excluding carboxylic acids is 2. The summed E-state index contributed by atoms with van der Waals surface area (Å²) in [5.41, 5.74) is -2.70. The first-order valence-corrected chi connectivity index (χ1v) is 8.22. The van der Waals surface area contributed by atoms with Crippen molar-refractivity contribution in [3.8, 4) is 0 Å². The smallest absolute Gasteiger partial charge is 0.437 e. The van der Waals surface area contributed by atoms with Gasteiger partial charge in [-0.25, -0.2) is 4.79 Å². The van der Waals surface area contributed by atoms with E-state index >= 15 is 0 Å². The Morgan fingerprint density at radius 2 is 1.89 bits per heavy atom. The minimum absolute atomic E-state index is 0.0826. The first-order chi connectivity index (χ1) is 12.4. The third kappa shape index (κ3) is 3.53. The van der Waals surface area contributed by atoms with Crippen molar-refractivity contribution in [2.24, 2.45) is 5.92 Å². The number of carbonyl (C=O) groups is 2. The molecule has 27 heavy (non-hydrogen) atoms. The molecular weight excluding hydrogens is 367 g/mol. The van der Waals surface area contributed by atoms with Gasteiger partial charge in [-0.3, -0.25) is 9.69 Å². The van der Waals surface area contributed by atoms with E-state index in [2.05, 4.69) is 5.32 Å². The predicted octanol–water partition coefficient (Wildman–Crippen LogP) is 1.88. The van der Waals surface area contributed by atoms with Crippen LogP contribution in [0.15, 0.2) is 24.3 Å². The standard InChI is InChI=1S/C17H22F3N3O4/c1-5-27-14(24)12-13(10-6-8-11(9-7-10)22(2)3)21-15(25)23(4)16(12,26)17(18,19)20/h6-9,12-13,26H,5H2,1-4H3,(H,21,25)/t12-,13-,16-/m0/s1. The van der Waals surface area contributed by atoms with Gasteiger partial charge in [-0.1, -0.05) is 12.1 Å². The van der Waals surface area contributed by atoms with E-state index in [-0.39, 0.29) is 17.1 Å². The molecule has 7 nitrogen and oxygen atoms in total. The first kappa shape index (κ1) is 20.8. The summed E-state index contributed by atoms with van der Waals surface area (Å²) < 4.78 is 46.1. The molecule has 0 bridgehead atoms. The van der Waals surface area contributed by atoms with E-state index in [1.54, 1.807) is 31.1 Å². The Kier molecular flexibility index (Phi) is 5.60. The van der Waals surface area contributed by atoms with Gasteiger partial charge in [0.05, 0.1) is 12.6 Å². The number of halogens is 3. The molecule has 1 saturated heterocycles. The molecule has 10 heteroatoms. The fraction of sp³-hybridized carbons (Fsp3) is 0.529. The van der Waals surface area contributed by atoms with Crippen LogP contribution in [0.4, 0.5) is 23.7 Å². The maximum absolute atomic E-state index is 13.8. The summed E-state index contributed by atoms with van der Waals surface area (Å²) >= 11 is 0. The van der Waals surface area contributed by atoms with Gasteiger partial charge in [0, 0.05) is 26.8 Å². The zero-order valence-electron chi connectivity index (χ0n) is 15.4. The number of ether oxygens (including phenoxy) is 1. The molecule has 1 fully saturated rings. The maximum atomic E-state index is 13.8. The number of nitrogens with zero attached hydrogens (tertiary/aromatic N) is 2. The lowest BCUT2D eigenvalue weighted by molar-refractivity contribution is -0.328. The fourth-order valence-electron chi connectivity index (χ4n) is 3.06. The molecule has 1 aromatic carbocycles. The lowest BCUT2D eigenvalue weighted by Gasteiger charge is -2.49. The van der Waals surface area contributed by atoms with Gasteiger partial charge in [-0.2, -0.15) is 13.2 Å². The summed E-state index contributed by atoms with van der Waals surface area (Å²) in [5.74, 6) is -3.36. The minimum atomic E-state index is -5.28. The third-order valence-electron chi connectivity index (χ3n) is 4.59. The lowest BCUT2D eigenvalue weighted by Crippen LogP contribution is -2.73. The van der Waals surface area contributed by atoms with Crippen molar-refractivity contribution in [1.29, 1.82) is 0 Å². The van der Waals surface area contributed by atoms with Gasteiger partial charge < -0.3 is 20.1 Å². The van der Waals surface area contributed by atoms with E-state index in [4.69, 9.17) is 4.74 Å². The van der Waals surface area contributed by atoms with Crippen LogP contribution >= 0.6 is 0 Å². The highest BCUT2D eigenvalue weighted by Crippen LogP contribution is 2.46. The van der Waals surface area contributed by atoms with Crippen LogP contribution in [0, 0.1) is 5.92 Å². The van der Waals surface area contributed by atoms with Crippen LogP contribution in [0.2, 0.25) is 0 Å². The lowest BCUT2D eigenvalue weighted by atomic mass is 9.81. The maximum Gasteiger partial charge on any atom is 0.437 e. The average molecular weight is 389 g/mol. The van der Waals surface area contributed by atoms with Crippen LogP contribution in [0.5, 0.6) is 0 Å². The fourth-order valence-corrected chi connectivity index (χ4v) is 3.06. The molecule has 2 rings (SSSR count). The van der Waals surface area contributed by atoms with Crippen LogP contribution in [-0.2, 0) is 9.53 Å². The van der Waals surface area contributed by atoms with Gasteiger partial charge in [-0.15, -0.1) is 0 Å². The van der Waals surface area contributed by atoms with Crippen LogP contribution < -0.4 is 10.2 Å². The summed E-state index contributed by atoms with van der Waals surface area (Å²) in [6.07, 6.45) is -5.28. The van der Waals surface area contributed by atoms with Crippen LogP contribution in [-0.4, -0.2) is 61.7 Å². The molecule has 1 aliphatic heterocycles. The number of benzene rings is 1. The highest BCUT2D eigenvalue weighted by atomic mass is 19.4. The molecule has 0 spiro atoms. The highest BCUT2D eigenvalue weighted by molar-refractivity contribution is 5.83. The number of rotatable bonds is 4. The predicted molar refractivity (Wildman–Crippen MR) is 90.9 cm³/mol. The number of nitrogens with one attached hydrogen (secondary N) is 1. The van der Waals surface area contributed by atoms with Crippen molar-refractivity contribution in [1.82, 2.24) is 10.2 Å². The van der Waals surface area contributed by atoms with E-state index < -0.39 is 35.9 Å². The topological polar surface area (TPSA) is 82.1 Å². The summed E-state index contributed by atoms with van der Waals surface area (Å²) in [6, 6.07) is 3.68. The van der Waals surface area contributed by atoms with Crippen molar-refractivity contribution >= 4 is 17.7 Å². The number of esters is 1. The van der Waals surface area contributed by atoms with E-state index in [1.807, 2.05) is 0 Å². The van der Waals surface area contributed by atoms with E-state index in [0.717, 1.165) is 12.7 Å². The number of alkyl halides is 3. The number of urea groups is 1. The second kappa shape index (κ2) is 7.26. The second-order valence-corrected chi connectivity index (χ2v) is 6.43. The van der Waals surface area contributed by atoms with Crippen LogP contribution in [0.1, 0.15) is 18.5 Å². The van der Waals surface area contributed by atoms with E-state index in [9.17, 15) is 27.9 Å². The Hall–Kier alpha value is -2.49. The Morgan fingerprint density at radius 1 is 1.33 bits per heavy atom. The quantitative estimate of drug-likeness (QED) is 0.769. The van der Waals surface area contributed by atoms with Crippen molar-refractivity contribution in [3.63, 3.8) is 0 Å². The Labute approximate surface area is 154 Å². The Balaban J connectivity index is 2.59. The monoisotopic (exact) mass is 389 g/mol. The largest absolute Gasteiger partial charge is 0.466 e. The molecule has 0 unspecified atom stereocenters. The number of hydrogen-bond donors (Lipinski definition) is 2. The SMILES string of the molecule is CCOC(=O)[C@@H]1[C@H](c2ccc(N(C)C)cc2)NC(=O)N(C)[C@@]1(O)C(F)(F)F. The molecule has 150 valence electrons. The number of hydrogen-bond acceptors (Lipinski definition) is 5. The first-order valence-electron chi connectivity index (χ1n) is 8.22. The summed E-state index contributed by atoms with van der Waals surface area (Å²) in [6.45, 7) is 1.27. The molecular formula is C17H22F3N3O4. The second-order valence-electron chi connectivity index (χ2n) is 6.43. The van der Waals surface area contributed by atoms with Crippen molar-refractivity contribution < 1.29 is 32.6 Å². The normalized spacial score (nSPS) is 25.8. The minimum Gasteiger partial charge on any atom is -0.466 e. The summed E-state index contributed by atoms with van der Waals surface area (Å²) in [7, 11) is 4.35. The van der Waals surface area contributed by atoms with Crippen LogP contribution in [0.25, 0.3) is 0 Å². The number of anilines is 1.